The number of hydrogen-bond acceptors (Lipinski definition) is 4. The number of anilines is 1. The molecule has 0 N–H and O–H groups in total. The Bertz CT molecular complexity index is 1230. The van der Waals surface area contributed by atoms with Crippen molar-refractivity contribution in [2.45, 2.75) is 24.6 Å². The van der Waals surface area contributed by atoms with Crippen LogP contribution in [0.1, 0.15) is 18.1 Å². The summed E-state index contributed by atoms with van der Waals surface area (Å²) in [4.78, 5) is -0.452. The molecule has 0 radical (unpaired) electrons. The molecule has 176 valence electrons. The number of ether oxygens (including phenoxy) is 2. The zero-order chi connectivity index (χ0) is 24.2. The van der Waals surface area contributed by atoms with Crippen molar-refractivity contribution in [3.8, 4) is 11.5 Å². The van der Waals surface area contributed by atoms with Crippen molar-refractivity contribution in [2.24, 2.45) is 0 Å². The van der Waals surface area contributed by atoms with Crippen molar-refractivity contribution in [1.29, 1.82) is 0 Å². The molecule has 0 atom stereocenters. The summed E-state index contributed by atoms with van der Waals surface area (Å²) in [5.74, 6) is 0.896. The molecule has 0 fully saturated rings. The van der Waals surface area contributed by atoms with Crippen molar-refractivity contribution in [3.05, 3.63) is 82.9 Å². The maximum atomic E-state index is 13.1. The number of methoxy groups -OCH3 is 1. The van der Waals surface area contributed by atoms with Crippen molar-refractivity contribution in [2.75, 3.05) is 18.0 Å². The number of rotatable bonds is 8. The summed E-state index contributed by atoms with van der Waals surface area (Å²) in [7, 11) is -2.74. The number of benzene rings is 3. The summed E-state index contributed by atoms with van der Waals surface area (Å²) in [5, 5.41) is 0.452. The standard InChI is InChI=1S/C23H21ClF3NO4S/c1-3-28(33(29,30)19-10-4-7-16(13-19)23(25,26)27)17-8-5-9-18(14-17)32-15-20-21(24)11-6-12-22(20)31-2/h4-14H,3,15H2,1-2H3. The van der Waals surface area contributed by atoms with Crippen LogP contribution in [0, 0.1) is 0 Å². The summed E-state index contributed by atoms with van der Waals surface area (Å²) in [6.45, 7) is 1.66. The van der Waals surface area contributed by atoms with Crippen LogP contribution in [0.4, 0.5) is 18.9 Å². The molecule has 0 heterocycles. The molecule has 3 rings (SSSR count). The van der Waals surface area contributed by atoms with Gasteiger partial charge in [0, 0.05) is 18.2 Å². The molecule has 0 saturated carbocycles. The number of sulfonamides is 1. The molecular formula is C23H21ClF3NO4S. The second-order valence-electron chi connectivity index (χ2n) is 6.90. The highest BCUT2D eigenvalue weighted by Gasteiger charge is 2.33. The zero-order valence-corrected chi connectivity index (χ0v) is 19.3. The van der Waals surface area contributed by atoms with Gasteiger partial charge in [0.2, 0.25) is 0 Å². The second-order valence-corrected chi connectivity index (χ2v) is 9.17. The van der Waals surface area contributed by atoms with Gasteiger partial charge in [-0.25, -0.2) is 8.42 Å². The minimum Gasteiger partial charge on any atom is -0.496 e. The molecule has 0 unspecified atom stereocenters. The fraction of sp³-hybridized carbons (Fsp3) is 0.217. The first-order chi connectivity index (χ1) is 15.6. The number of nitrogens with zero attached hydrogens (tertiary/aromatic N) is 1. The monoisotopic (exact) mass is 499 g/mol. The molecule has 0 aliphatic rings. The van der Waals surface area contributed by atoms with Gasteiger partial charge >= 0.3 is 6.18 Å². The number of halogens is 4. The summed E-state index contributed by atoms with van der Waals surface area (Å²) < 4.78 is 77.6. The van der Waals surface area contributed by atoms with E-state index in [0.717, 1.165) is 22.5 Å². The third-order valence-electron chi connectivity index (χ3n) is 4.82. The Morgan fingerprint density at radius 1 is 1.00 bits per heavy atom. The molecule has 33 heavy (non-hydrogen) atoms. The first-order valence-electron chi connectivity index (χ1n) is 9.82. The van der Waals surface area contributed by atoms with Crippen LogP contribution in [0.25, 0.3) is 0 Å². The van der Waals surface area contributed by atoms with Crippen LogP contribution < -0.4 is 13.8 Å². The lowest BCUT2D eigenvalue weighted by Gasteiger charge is -2.24. The van der Waals surface area contributed by atoms with Crippen LogP contribution in [0.2, 0.25) is 5.02 Å². The Morgan fingerprint density at radius 3 is 2.36 bits per heavy atom. The third-order valence-corrected chi connectivity index (χ3v) is 7.07. The predicted molar refractivity (Wildman–Crippen MR) is 120 cm³/mol. The normalized spacial score (nSPS) is 11.8. The molecule has 0 aliphatic carbocycles. The van der Waals surface area contributed by atoms with Crippen LogP contribution >= 0.6 is 11.6 Å². The first kappa shape index (κ1) is 24.7. The van der Waals surface area contributed by atoms with E-state index >= 15 is 0 Å². The highest BCUT2D eigenvalue weighted by molar-refractivity contribution is 7.92. The lowest BCUT2D eigenvalue weighted by Crippen LogP contribution is -2.31. The van der Waals surface area contributed by atoms with Crippen molar-refractivity contribution < 1.29 is 31.1 Å². The maximum absolute atomic E-state index is 13.1. The zero-order valence-electron chi connectivity index (χ0n) is 17.8. The van der Waals surface area contributed by atoms with E-state index in [0.29, 0.717) is 28.2 Å². The van der Waals surface area contributed by atoms with Gasteiger partial charge < -0.3 is 9.47 Å². The molecular weight excluding hydrogens is 479 g/mol. The van der Waals surface area contributed by atoms with E-state index < -0.39 is 26.7 Å². The van der Waals surface area contributed by atoms with Crippen molar-refractivity contribution >= 4 is 27.3 Å². The van der Waals surface area contributed by atoms with Gasteiger partial charge in [-0.05, 0) is 49.4 Å². The van der Waals surface area contributed by atoms with Gasteiger partial charge in [-0.1, -0.05) is 29.8 Å². The predicted octanol–water partition coefficient (Wildman–Crippen LogP) is 6.16. The maximum Gasteiger partial charge on any atom is 0.416 e. The van der Waals surface area contributed by atoms with E-state index in [4.69, 9.17) is 21.1 Å². The van der Waals surface area contributed by atoms with E-state index in [1.54, 1.807) is 37.3 Å². The summed E-state index contributed by atoms with van der Waals surface area (Å²) in [6, 6.07) is 15.1. The fourth-order valence-electron chi connectivity index (χ4n) is 3.21. The van der Waals surface area contributed by atoms with Gasteiger partial charge in [0.05, 0.1) is 28.3 Å². The molecule has 0 aromatic heterocycles. The van der Waals surface area contributed by atoms with Gasteiger partial charge in [-0.3, -0.25) is 4.31 Å². The topological polar surface area (TPSA) is 55.8 Å². The summed E-state index contributed by atoms with van der Waals surface area (Å²) in [6.07, 6.45) is -4.66. The number of alkyl halides is 3. The van der Waals surface area contributed by atoms with Gasteiger partial charge in [0.25, 0.3) is 10.0 Å². The average molecular weight is 500 g/mol. The Kier molecular flexibility index (Phi) is 7.44. The Balaban J connectivity index is 1.89. The summed E-state index contributed by atoms with van der Waals surface area (Å²) in [5.41, 5.74) is -0.167. The van der Waals surface area contributed by atoms with Crippen molar-refractivity contribution in [3.63, 3.8) is 0 Å². The van der Waals surface area contributed by atoms with Gasteiger partial charge in [-0.2, -0.15) is 13.2 Å². The van der Waals surface area contributed by atoms with Crippen molar-refractivity contribution in [1.82, 2.24) is 0 Å². The molecule has 5 nitrogen and oxygen atoms in total. The van der Waals surface area contributed by atoms with Gasteiger partial charge in [0.1, 0.15) is 18.1 Å². The van der Waals surface area contributed by atoms with Crippen LogP contribution in [-0.2, 0) is 22.8 Å². The highest BCUT2D eigenvalue weighted by atomic mass is 35.5. The summed E-state index contributed by atoms with van der Waals surface area (Å²) >= 11 is 6.22. The van der Waals surface area contributed by atoms with Crippen LogP contribution in [0.3, 0.4) is 0 Å². The molecule has 0 bridgehead atoms. The molecule has 3 aromatic rings. The number of hydrogen-bond donors (Lipinski definition) is 0. The Hall–Kier alpha value is -2.91. The molecule has 0 amide bonds. The minimum absolute atomic E-state index is 0.000365. The van der Waals surface area contributed by atoms with Gasteiger partial charge in [0.15, 0.2) is 0 Å². The SMILES string of the molecule is CCN(c1cccc(OCc2c(Cl)cccc2OC)c1)S(=O)(=O)c1cccc(C(F)(F)F)c1. The van der Waals surface area contributed by atoms with Crippen LogP contribution in [0.5, 0.6) is 11.5 Å². The Labute approximate surface area is 195 Å². The first-order valence-corrected chi connectivity index (χ1v) is 11.6. The fourth-order valence-corrected chi connectivity index (χ4v) is 4.94. The molecule has 0 spiro atoms. The van der Waals surface area contributed by atoms with E-state index in [1.807, 2.05) is 0 Å². The quantitative estimate of drug-likeness (QED) is 0.372. The second kappa shape index (κ2) is 9.93. The molecule has 0 saturated heterocycles. The molecule has 10 heteroatoms. The van der Waals surface area contributed by atoms with Crippen LogP contribution in [-0.4, -0.2) is 22.1 Å². The largest absolute Gasteiger partial charge is 0.496 e. The average Bonchev–Trinajstić information content (AvgIpc) is 2.78. The smallest absolute Gasteiger partial charge is 0.416 e. The van der Waals surface area contributed by atoms with Gasteiger partial charge in [-0.15, -0.1) is 0 Å². The van der Waals surface area contributed by atoms with Crippen LogP contribution in [0.15, 0.2) is 71.6 Å². The van der Waals surface area contributed by atoms with E-state index in [9.17, 15) is 21.6 Å². The highest BCUT2D eigenvalue weighted by Crippen LogP contribution is 2.33. The van der Waals surface area contributed by atoms with E-state index in [2.05, 4.69) is 0 Å². The van der Waals surface area contributed by atoms with E-state index in [-0.39, 0.29) is 18.8 Å². The lowest BCUT2D eigenvalue weighted by molar-refractivity contribution is -0.137. The molecule has 3 aromatic carbocycles. The minimum atomic E-state index is -4.66. The Morgan fingerprint density at radius 2 is 1.70 bits per heavy atom. The molecule has 0 aliphatic heterocycles. The lowest BCUT2D eigenvalue weighted by atomic mass is 10.2. The van der Waals surface area contributed by atoms with E-state index in [1.165, 1.54) is 19.2 Å². The third kappa shape index (κ3) is 5.54.